The third kappa shape index (κ3) is 6.17. The lowest BCUT2D eigenvalue weighted by Crippen LogP contribution is -2.41. The number of morpholine rings is 1. The molecule has 1 aromatic carbocycles. The third-order valence-electron chi connectivity index (χ3n) is 5.11. The lowest BCUT2D eigenvalue weighted by atomic mass is 10.2. The molecule has 7 heteroatoms. The van der Waals surface area contributed by atoms with Gasteiger partial charge in [0.05, 0.1) is 18.8 Å². The first kappa shape index (κ1) is 21.1. The largest absolute Gasteiger partial charge is 0.379 e. The summed E-state index contributed by atoms with van der Waals surface area (Å²) in [6, 6.07) is 11.9. The Hall–Kier alpha value is -2.64. The predicted octanol–water partition coefficient (Wildman–Crippen LogP) is 2.73. The molecule has 1 fully saturated rings. The minimum atomic E-state index is -0.0964. The van der Waals surface area contributed by atoms with E-state index in [2.05, 4.69) is 51.4 Å². The summed E-state index contributed by atoms with van der Waals surface area (Å²) in [6.45, 7) is 11.1. The van der Waals surface area contributed by atoms with Gasteiger partial charge in [0, 0.05) is 56.8 Å². The van der Waals surface area contributed by atoms with Gasteiger partial charge >= 0.3 is 0 Å². The number of nitrogens with one attached hydrogen (secondary N) is 2. The second-order valence-electron chi connectivity index (χ2n) is 6.99. The molecule has 1 saturated heterocycles. The maximum atomic E-state index is 12.3. The van der Waals surface area contributed by atoms with Gasteiger partial charge in [0.2, 0.25) is 0 Å². The van der Waals surface area contributed by atoms with Crippen LogP contribution < -0.4 is 15.5 Å². The van der Waals surface area contributed by atoms with E-state index in [9.17, 15) is 4.79 Å². The molecule has 1 aliphatic heterocycles. The Morgan fingerprint density at radius 1 is 1.10 bits per heavy atom. The standard InChI is InChI=1S/C22H31N5O2/c1-3-27(4-2)20-8-6-19(7-9-20)25-21-10-5-18(17-24-21)22(28)23-11-12-26-13-15-29-16-14-26/h5-10,17H,3-4,11-16H2,1-2H3,(H,23,28)(H,24,25). The highest BCUT2D eigenvalue weighted by atomic mass is 16.5. The van der Waals surface area contributed by atoms with Gasteiger partial charge in [-0.2, -0.15) is 0 Å². The molecule has 7 nitrogen and oxygen atoms in total. The number of anilines is 3. The summed E-state index contributed by atoms with van der Waals surface area (Å²) >= 11 is 0. The maximum Gasteiger partial charge on any atom is 0.252 e. The summed E-state index contributed by atoms with van der Waals surface area (Å²) in [4.78, 5) is 21.3. The second-order valence-corrected chi connectivity index (χ2v) is 6.99. The van der Waals surface area contributed by atoms with E-state index in [1.54, 1.807) is 12.3 Å². The van der Waals surface area contributed by atoms with Crippen LogP contribution in [-0.2, 0) is 4.74 Å². The van der Waals surface area contributed by atoms with Crippen molar-refractivity contribution < 1.29 is 9.53 Å². The van der Waals surface area contributed by atoms with E-state index in [1.165, 1.54) is 5.69 Å². The number of rotatable bonds is 9. The van der Waals surface area contributed by atoms with Crippen LogP contribution in [0.1, 0.15) is 24.2 Å². The van der Waals surface area contributed by atoms with E-state index in [-0.39, 0.29) is 5.91 Å². The third-order valence-corrected chi connectivity index (χ3v) is 5.11. The van der Waals surface area contributed by atoms with Gasteiger partial charge in [0.25, 0.3) is 5.91 Å². The second kappa shape index (κ2) is 10.8. The fraction of sp³-hybridized carbons (Fsp3) is 0.455. The maximum absolute atomic E-state index is 12.3. The molecule has 0 spiro atoms. The van der Waals surface area contributed by atoms with Gasteiger partial charge in [-0.1, -0.05) is 0 Å². The summed E-state index contributed by atoms with van der Waals surface area (Å²) in [5.74, 6) is 0.617. The number of pyridine rings is 1. The topological polar surface area (TPSA) is 69.7 Å². The Labute approximate surface area is 173 Å². The molecule has 0 unspecified atom stereocenters. The highest BCUT2D eigenvalue weighted by Crippen LogP contribution is 2.20. The first-order chi connectivity index (χ1) is 14.2. The molecule has 156 valence electrons. The minimum Gasteiger partial charge on any atom is -0.379 e. The molecule has 2 N–H and O–H groups in total. The van der Waals surface area contributed by atoms with Gasteiger partial charge in [-0.05, 0) is 50.2 Å². The monoisotopic (exact) mass is 397 g/mol. The summed E-state index contributed by atoms with van der Waals surface area (Å²) < 4.78 is 5.33. The van der Waals surface area contributed by atoms with Gasteiger partial charge in [0.15, 0.2) is 0 Å². The summed E-state index contributed by atoms with van der Waals surface area (Å²) in [5, 5.41) is 6.24. The molecular weight excluding hydrogens is 366 g/mol. The number of hydrogen-bond donors (Lipinski definition) is 2. The number of hydrogen-bond acceptors (Lipinski definition) is 6. The van der Waals surface area contributed by atoms with Gasteiger partial charge in [-0.3, -0.25) is 9.69 Å². The molecule has 3 rings (SSSR count). The SMILES string of the molecule is CCN(CC)c1ccc(Nc2ccc(C(=O)NCCN3CCOCC3)cn2)cc1. The lowest BCUT2D eigenvalue weighted by molar-refractivity contribution is 0.0383. The number of carbonyl (C=O) groups is 1. The molecule has 29 heavy (non-hydrogen) atoms. The van der Waals surface area contributed by atoms with Gasteiger partial charge in [-0.15, -0.1) is 0 Å². The van der Waals surface area contributed by atoms with Crippen LogP contribution in [0.2, 0.25) is 0 Å². The van der Waals surface area contributed by atoms with Crippen LogP contribution in [0.4, 0.5) is 17.2 Å². The molecule has 0 atom stereocenters. The highest BCUT2D eigenvalue weighted by Gasteiger charge is 2.11. The van der Waals surface area contributed by atoms with E-state index in [0.717, 1.165) is 51.6 Å². The number of nitrogens with zero attached hydrogens (tertiary/aromatic N) is 3. The van der Waals surface area contributed by atoms with Crippen LogP contribution in [0.25, 0.3) is 0 Å². The predicted molar refractivity (Wildman–Crippen MR) is 117 cm³/mol. The molecule has 0 bridgehead atoms. The van der Waals surface area contributed by atoms with E-state index in [1.807, 2.05) is 18.2 Å². The average molecular weight is 398 g/mol. The Balaban J connectivity index is 1.48. The van der Waals surface area contributed by atoms with Crippen LogP contribution >= 0.6 is 0 Å². The Kier molecular flexibility index (Phi) is 7.84. The van der Waals surface area contributed by atoms with E-state index in [4.69, 9.17) is 4.74 Å². The van der Waals surface area contributed by atoms with Crippen molar-refractivity contribution in [3.8, 4) is 0 Å². The van der Waals surface area contributed by atoms with E-state index < -0.39 is 0 Å². The van der Waals surface area contributed by atoms with E-state index in [0.29, 0.717) is 17.9 Å². The fourth-order valence-electron chi connectivity index (χ4n) is 3.35. The molecule has 2 heterocycles. The van der Waals surface area contributed by atoms with Gasteiger partial charge in [-0.25, -0.2) is 4.98 Å². The van der Waals surface area contributed by atoms with E-state index >= 15 is 0 Å². The number of amides is 1. The van der Waals surface area contributed by atoms with Crippen molar-refractivity contribution in [3.63, 3.8) is 0 Å². The summed E-state index contributed by atoms with van der Waals surface area (Å²) in [7, 11) is 0. The number of benzene rings is 1. The number of aromatic nitrogens is 1. The quantitative estimate of drug-likeness (QED) is 0.678. The van der Waals surface area contributed by atoms with Crippen molar-refractivity contribution in [2.45, 2.75) is 13.8 Å². The van der Waals surface area contributed by atoms with Gasteiger partial charge in [0.1, 0.15) is 5.82 Å². The first-order valence-electron chi connectivity index (χ1n) is 10.4. The van der Waals surface area contributed by atoms with Crippen molar-refractivity contribution in [1.82, 2.24) is 15.2 Å². The van der Waals surface area contributed by atoms with Crippen molar-refractivity contribution in [1.29, 1.82) is 0 Å². The summed E-state index contributed by atoms with van der Waals surface area (Å²) in [6.07, 6.45) is 1.61. The molecule has 0 aliphatic carbocycles. The summed E-state index contributed by atoms with van der Waals surface area (Å²) in [5.41, 5.74) is 2.74. The Morgan fingerprint density at radius 3 is 2.45 bits per heavy atom. The van der Waals surface area contributed by atoms with Crippen molar-refractivity contribution in [2.75, 3.05) is 62.7 Å². The van der Waals surface area contributed by atoms with Crippen LogP contribution in [0.5, 0.6) is 0 Å². The normalized spacial score (nSPS) is 14.4. The van der Waals surface area contributed by atoms with Crippen molar-refractivity contribution >= 4 is 23.1 Å². The number of ether oxygens (including phenoxy) is 1. The van der Waals surface area contributed by atoms with Gasteiger partial charge < -0.3 is 20.3 Å². The Bertz CT molecular complexity index is 754. The molecule has 0 radical (unpaired) electrons. The first-order valence-corrected chi connectivity index (χ1v) is 10.4. The molecule has 1 aromatic heterocycles. The molecule has 0 saturated carbocycles. The van der Waals surface area contributed by atoms with Crippen LogP contribution in [-0.4, -0.2) is 68.3 Å². The molecule has 1 aliphatic rings. The minimum absolute atomic E-state index is 0.0964. The zero-order chi connectivity index (χ0) is 20.5. The molecule has 2 aromatic rings. The molecular formula is C22H31N5O2. The zero-order valence-electron chi connectivity index (χ0n) is 17.4. The number of carbonyl (C=O) groups excluding carboxylic acids is 1. The van der Waals surface area contributed by atoms with Crippen LogP contribution in [0.3, 0.4) is 0 Å². The van der Waals surface area contributed by atoms with Crippen LogP contribution in [0.15, 0.2) is 42.6 Å². The smallest absolute Gasteiger partial charge is 0.252 e. The molecule has 1 amide bonds. The fourth-order valence-corrected chi connectivity index (χ4v) is 3.35. The van der Waals surface area contributed by atoms with Crippen LogP contribution in [0, 0.1) is 0 Å². The average Bonchev–Trinajstić information content (AvgIpc) is 2.77. The zero-order valence-corrected chi connectivity index (χ0v) is 17.4. The highest BCUT2D eigenvalue weighted by molar-refractivity contribution is 5.94. The van der Waals surface area contributed by atoms with Crippen molar-refractivity contribution in [3.05, 3.63) is 48.2 Å². The van der Waals surface area contributed by atoms with Crippen molar-refractivity contribution in [2.24, 2.45) is 0 Å². The Morgan fingerprint density at radius 2 is 1.83 bits per heavy atom. The lowest BCUT2D eigenvalue weighted by Gasteiger charge is -2.26.